The van der Waals surface area contributed by atoms with Gasteiger partial charge < -0.3 is 9.42 Å². The fraction of sp³-hybridized carbons (Fsp3) is 0.286. The van der Waals surface area contributed by atoms with E-state index in [0.717, 1.165) is 30.6 Å². The minimum atomic E-state index is -0.346. The summed E-state index contributed by atoms with van der Waals surface area (Å²) in [5.41, 5.74) is 2.33. The molecule has 3 aromatic heterocycles. The highest BCUT2D eigenvalue weighted by molar-refractivity contribution is 5.60. The fourth-order valence-electron chi connectivity index (χ4n) is 4.04. The molecule has 0 saturated carbocycles. The maximum atomic E-state index is 14.3. The van der Waals surface area contributed by atoms with E-state index in [0.29, 0.717) is 28.7 Å². The second-order valence-electron chi connectivity index (χ2n) is 7.67. The molecule has 31 heavy (non-hydrogen) atoms. The van der Waals surface area contributed by atoms with Crippen LogP contribution in [0.2, 0.25) is 0 Å². The molecule has 1 fully saturated rings. The number of hydrogen-bond acceptors (Lipinski definition) is 7. The molecule has 1 aliphatic rings. The van der Waals surface area contributed by atoms with Gasteiger partial charge in [0.25, 0.3) is 5.56 Å². The summed E-state index contributed by atoms with van der Waals surface area (Å²) in [7, 11) is 1.84. The number of nitrogens with zero attached hydrogens (tertiary/aromatic N) is 6. The SMILES string of the molecule is Cc1ccc(F)c(-c2cc([C@H]3CCCN3c3nnc(-c4cn[nH]c(=O)c4)n3C)no2)c1. The summed E-state index contributed by atoms with van der Waals surface area (Å²) >= 11 is 0. The van der Waals surface area contributed by atoms with Gasteiger partial charge in [-0.2, -0.15) is 5.10 Å². The van der Waals surface area contributed by atoms with Crippen molar-refractivity contribution in [2.24, 2.45) is 7.05 Å². The van der Waals surface area contributed by atoms with Gasteiger partial charge in [0.15, 0.2) is 11.6 Å². The van der Waals surface area contributed by atoms with Crippen LogP contribution in [-0.2, 0) is 7.05 Å². The van der Waals surface area contributed by atoms with Crippen molar-refractivity contribution in [1.82, 2.24) is 30.1 Å². The summed E-state index contributed by atoms with van der Waals surface area (Å²) in [5, 5.41) is 19.0. The molecule has 0 amide bonds. The van der Waals surface area contributed by atoms with Gasteiger partial charge in [0.2, 0.25) is 5.95 Å². The van der Waals surface area contributed by atoms with Crippen molar-refractivity contribution in [3.05, 3.63) is 64.0 Å². The van der Waals surface area contributed by atoms with Gasteiger partial charge in [0.05, 0.1) is 17.8 Å². The van der Waals surface area contributed by atoms with E-state index in [-0.39, 0.29) is 17.4 Å². The minimum absolute atomic E-state index is 0.0709. The molecule has 1 N–H and O–H groups in total. The van der Waals surface area contributed by atoms with Crippen molar-refractivity contribution in [3.8, 4) is 22.7 Å². The summed E-state index contributed by atoms with van der Waals surface area (Å²) in [6.45, 7) is 2.67. The van der Waals surface area contributed by atoms with Crippen LogP contribution >= 0.6 is 0 Å². The van der Waals surface area contributed by atoms with Crippen molar-refractivity contribution < 1.29 is 8.91 Å². The topological polar surface area (TPSA) is 106 Å². The number of halogens is 1. The van der Waals surface area contributed by atoms with Crippen molar-refractivity contribution >= 4 is 5.95 Å². The smallest absolute Gasteiger partial charge is 0.264 e. The second kappa shape index (κ2) is 7.46. The summed E-state index contributed by atoms with van der Waals surface area (Å²) in [6, 6.07) is 8.05. The van der Waals surface area contributed by atoms with Gasteiger partial charge in [-0.25, -0.2) is 9.49 Å². The predicted molar refractivity (Wildman–Crippen MR) is 111 cm³/mol. The third-order valence-electron chi connectivity index (χ3n) is 5.54. The summed E-state index contributed by atoms with van der Waals surface area (Å²) in [6.07, 6.45) is 3.34. The molecule has 4 aromatic rings. The number of aryl methyl sites for hydroxylation is 1. The van der Waals surface area contributed by atoms with Crippen LogP contribution in [-0.4, -0.2) is 36.7 Å². The number of aromatic amines is 1. The Labute approximate surface area is 176 Å². The molecule has 1 aromatic carbocycles. The molecule has 5 rings (SSSR count). The Kier molecular flexibility index (Phi) is 4.61. The third kappa shape index (κ3) is 3.39. The molecule has 0 unspecified atom stereocenters. The van der Waals surface area contributed by atoms with Crippen LogP contribution in [0.25, 0.3) is 22.7 Å². The Morgan fingerprint density at radius 1 is 1.23 bits per heavy atom. The Balaban J connectivity index is 1.47. The molecule has 158 valence electrons. The average Bonchev–Trinajstić information content (AvgIpc) is 3.48. The quantitative estimate of drug-likeness (QED) is 0.540. The zero-order valence-corrected chi connectivity index (χ0v) is 17.0. The number of aromatic nitrogens is 6. The van der Waals surface area contributed by atoms with Crippen LogP contribution in [0.3, 0.4) is 0 Å². The van der Waals surface area contributed by atoms with E-state index in [2.05, 4.69) is 30.5 Å². The first-order chi connectivity index (χ1) is 15.0. The Hall–Kier alpha value is -3.82. The van der Waals surface area contributed by atoms with Crippen LogP contribution in [0.4, 0.5) is 10.3 Å². The Morgan fingerprint density at radius 3 is 2.94 bits per heavy atom. The van der Waals surface area contributed by atoms with Gasteiger partial charge in [-0.15, -0.1) is 10.2 Å². The van der Waals surface area contributed by atoms with E-state index in [9.17, 15) is 9.18 Å². The van der Waals surface area contributed by atoms with Crippen LogP contribution in [0.5, 0.6) is 0 Å². The molecule has 1 saturated heterocycles. The van der Waals surface area contributed by atoms with Gasteiger partial charge in [-0.05, 0) is 31.9 Å². The van der Waals surface area contributed by atoms with E-state index >= 15 is 0 Å². The highest BCUT2D eigenvalue weighted by atomic mass is 19.1. The first-order valence-corrected chi connectivity index (χ1v) is 9.95. The van der Waals surface area contributed by atoms with Gasteiger partial charge in [0.1, 0.15) is 11.5 Å². The highest BCUT2D eigenvalue weighted by Crippen LogP contribution is 2.37. The van der Waals surface area contributed by atoms with Gasteiger partial charge >= 0.3 is 0 Å². The zero-order chi connectivity index (χ0) is 21.5. The molecule has 0 spiro atoms. The van der Waals surface area contributed by atoms with E-state index < -0.39 is 0 Å². The molecule has 9 nitrogen and oxygen atoms in total. The number of hydrogen-bond donors (Lipinski definition) is 1. The molecular formula is C21H20FN7O2. The van der Waals surface area contributed by atoms with Crippen molar-refractivity contribution in [1.29, 1.82) is 0 Å². The first-order valence-electron chi connectivity index (χ1n) is 9.95. The number of rotatable bonds is 4. The van der Waals surface area contributed by atoms with E-state index in [1.807, 2.05) is 18.5 Å². The molecule has 4 heterocycles. The Morgan fingerprint density at radius 2 is 2.10 bits per heavy atom. The summed E-state index contributed by atoms with van der Waals surface area (Å²) in [4.78, 5) is 13.7. The summed E-state index contributed by atoms with van der Waals surface area (Å²) < 4.78 is 21.6. The first kappa shape index (κ1) is 19.2. The third-order valence-corrected chi connectivity index (χ3v) is 5.54. The maximum Gasteiger partial charge on any atom is 0.264 e. The molecule has 10 heteroatoms. The molecule has 1 aliphatic heterocycles. The lowest BCUT2D eigenvalue weighted by Gasteiger charge is -2.23. The van der Waals surface area contributed by atoms with Gasteiger partial charge in [-0.3, -0.25) is 9.36 Å². The van der Waals surface area contributed by atoms with E-state index in [4.69, 9.17) is 4.52 Å². The lowest BCUT2D eigenvalue weighted by Crippen LogP contribution is -2.25. The molecular weight excluding hydrogens is 401 g/mol. The average molecular weight is 421 g/mol. The predicted octanol–water partition coefficient (Wildman–Crippen LogP) is 3.01. The van der Waals surface area contributed by atoms with Crippen LogP contribution in [0.15, 0.2) is 45.8 Å². The fourth-order valence-corrected chi connectivity index (χ4v) is 4.04. The largest absolute Gasteiger partial charge is 0.356 e. The van der Waals surface area contributed by atoms with Gasteiger partial charge in [0, 0.05) is 31.3 Å². The number of benzene rings is 1. The van der Waals surface area contributed by atoms with E-state index in [1.165, 1.54) is 18.3 Å². The standard InChI is InChI=1S/C21H20FN7O2/c1-12-5-6-15(22)14(8-12)18-10-16(27-31-18)17-4-3-7-29(17)21-26-25-20(28(21)2)13-9-19(30)24-23-11-13/h5-6,8-11,17H,3-4,7H2,1-2H3,(H,24,30)/t17-/m1/s1. The Bertz CT molecular complexity index is 1310. The van der Waals surface area contributed by atoms with Gasteiger partial charge in [-0.1, -0.05) is 16.8 Å². The van der Waals surface area contributed by atoms with E-state index in [1.54, 1.807) is 18.2 Å². The number of H-pyrrole nitrogens is 1. The lowest BCUT2D eigenvalue weighted by atomic mass is 10.1. The van der Waals surface area contributed by atoms with Crippen LogP contribution in [0.1, 0.15) is 30.1 Å². The molecule has 0 aliphatic carbocycles. The summed E-state index contributed by atoms with van der Waals surface area (Å²) in [5.74, 6) is 1.25. The van der Waals surface area contributed by atoms with Crippen LogP contribution in [0, 0.1) is 12.7 Å². The van der Waals surface area contributed by atoms with Crippen molar-refractivity contribution in [2.75, 3.05) is 11.4 Å². The highest BCUT2D eigenvalue weighted by Gasteiger charge is 2.32. The molecule has 1 atom stereocenters. The molecule has 0 bridgehead atoms. The van der Waals surface area contributed by atoms with Crippen molar-refractivity contribution in [2.45, 2.75) is 25.8 Å². The molecule has 0 radical (unpaired) electrons. The second-order valence-corrected chi connectivity index (χ2v) is 7.67. The number of anilines is 1. The maximum absolute atomic E-state index is 14.3. The zero-order valence-electron chi connectivity index (χ0n) is 17.0. The minimum Gasteiger partial charge on any atom is -0.356 e. The normalized spacial score (nSPS) is 16.2. The van der Waals surface area contributed by atoms with Crippen LogP contribution < -0.4 is 10.5 Å². The number of nitrogens with one attached hydrogen (secondary N) is 1. The van der Waals surface area contributed by atoms with Crippen molar-refractivity contribution in [3.63, 3.8) is 0 Å². The lowest BCUT2D eigenvalue weighted by molar-refractivity contribution is 0.414. The monoisotopic (exact) mass is 421 g/mol.